The van der Waals surface area contributed by atoms with Crippen LogP contribution in [0.4, 0.5) is 28.7 Å². The number of pyridine rings is 3. The molecule has 4 N–H and O–H groups in total. The number of phosphoric acid groups is 1. The monoisotopic (exact) mass is 1070 g/mol. The lowest BCUT2D eigenvalue weighted by Crippen LogP contribution is -2.57. The molecule has 1 unspecified atom stereocenters. The van der Waals surface area contributed by atoms with E-state index in [2.05, 4.69) is 42.5 Å². The minimum atomic E-state index is -5.00. The Kier molecular flexibility index (Phi) is 14.0. The SMILES string of the molecule is COc1ncc(-c2ccnc(N3CCc4c(sc5c4CCCC5)C3=O)c2C(C)O)cc1Nc1ccc(N2CCN(C3CCN(c4ccc5c(c4)C(=O)N([C@H]4CCC(=O)N(COP(=O)(O)O)C4=O)C5=O)CC3)C[C@@H]2C)cn1. The number of amides is 5. The molecule has 0 spiro atoms. The van der Waals surface area contributed by atoms with Gasteiger partial charge in [-0.15, -0.1) is 11.3 Å². The zero-order valence-electron chi connectivity index (χ0n) is 42.4. The number of nitrogens with one attached hydrogen (secondary N) is 1. The van der Waals surface area contributed by atoms with E-state index in [0.717, 1.165) is 98.8 Å². The van der Waals surface area contributed by atoms with Gasteiger partial charge in [-0.3, -0.25) is 48.1 Å². The summed E-state index contributed by atoms with van der Waals surface area (Å²) in [6.07, 6.45) is 10.9. The Bertz CT molecular complexity index is 3200. The molecule has 5 aromatic rings. The molecule has 3 atom stereocenters. The maximum absolute atomic E-state index is 14.1. The average Bonchev–Trinajstić information content (AvgIpc) is 3.92. The van der Waals surface area contributed by atoms with E-state index in [4.69, 9.17) is 24.5 Å². The summed E-state index contributed by atoms with van der Waals surface area (Å²) in [5.74, 6) is -1.65. The molecule has 0 saturated carbocycles. The quantitative estimate of drug-likeness (QED) is 0.0797. The number of carbonyl (C=O) groups excluding carboxylic acids is 5. The minimum Gasteiger partial charge on any atom is -0.480 e. The second kappa shape index (κ2) is 20.7. The summed E-state index contributed by atoms with van der Waals surface area (Å²) in [6, 6.07) is 12.0. The number of benzene rings is 1. The van der Waals surface area contributed by atoms with Gasteiger partial charge in [-0.1, -0.05) is 0 Å². The summed E-state index contributed by atoms with van der Waals surface area (Å²) in [5.41, 5.74) is 7.19. The summed E-state index contributed by atoms with van der Waals surface area (Å²) >= 11 is 1.62. The smallest absolute Gasteiger partial charge is 0.471 e. The number of aromatic nitrogens is 3. The van der Waals surface area contributed by atoms with Crippen molar-refractivity contribution in [3.8, 4) is 17.0 Å². The number of methoxy groups -OCH3 is 1. The van der Waals surface area contributed by atoms with Gasteiger partial charge in [0, 0.05) is 91.9 Å². The second-order valence-electron chi connectivity index (χ2n) is 20.2. The molecule has 9 heterocycles. The van der Waals surface area contributed by atoms with E-state index < -0.39 is 50.3 Å². The number of aliphatic hydroxyl groups is 1. The van der Waals surface area contributed by atoms with Gasteiger partial charge in [0.25, 0.3) is 23.6 Å². The van der Waals surface area contributed by atoms with E-state index in [0.29, 0.717) is 57.4 Å². The predicted octanol–water partition coefficient (Wildman–Crippen LogP) is 5.85. The normalized spacial score (nSPS) is 21.0. The van der Waals surface area contributed by atoms with Gasteiger partial charge in [-0.05, 0) is 124 Å². The molecule has 21 nitrogen and oxygen atoms in total. The maximum atomic E-state index is 14.1. The van der Waals surface area contributed by atoms with Crippen LogP contribution in [-0.4, -0.2) is 145 Å². The summed E-state index contributed by atoms with van der Waals surface area (Å²) in [7, 11) is -3.45. The molecule has 11 rings (SSSR count). The third-order valence-corrected chi connectivity index (χ3v) is 17.5. The van der Waals surface area contributed by atoms with Crippen LogP contribution in [0.15, 0.2) is 61.1 Å². The maximum Gasteiger partial charge on any atom is 0.471 e. The summed E-state index contributed by atoms with van der Waals surface area (Å²) in [4.78, 5) is 112. The number of hydrogen-bond acceptors (Lipinski definition) is 17. The molecule has 5 amide bonds. The number of rotatable bonds is 13. The molecule has 5 aliphatic heterocycles. The van der Waals surface area contributed by atoms with Gasteiger partial charge in [0.15, 0.2) is 0 Å². The van der Waals surface area contributed by atoms with Crippen LogP contribution in [0.25, 0.3) is 11.1 Å². The second-order valence-corrected chi connectivity index (χ2v) is 22.6. The molecule has 0 bridgehead atoms. The molecular formula is C53H59N10O11PS. The summed E-state index contributed by atoms with van der Waals surface area (Å²) < 4.78 is 21.3. The number of phosphoric ester groups is 1. The largest absolute Gasteiger partial charge is 0.480 e. The highest BCUT2D eigenvalue weighted by molar-refractivity contribution is 7.46. The molecule has 0 radical (unpaired) electrons. The molecule has 23 heteroatoms. The summed E-state index contributed by atoms with van der Waals surface area (Å²) in [6.45, 7) is 7.37. The molecule has 6 aliphatic rings. The third kappa shape index (κ3) is 9.64. The van der Waals surface area contributed by atoms with Gasteiger partial charge >= 0.3 is 7.82 Å². The van der Waals surface area contributed by atoms with Gasteiger partial charge in [0.2, 0.25) is 11.8 Å². The number of piperazine rings is 1. The van der Waals surface area contributed by atoms with E-state index in [1.54, 1.807) is 60.9 Å². The van der Waals surface area contributed by atoms with Crippen molar-refractivity contribution in [2.45, 2.75) is 95.9 Å². The van der Waals surface area contributed by atoms with Crippen molar-refractivity contribution >= 4 is 77.4 Å². The van der Waals surface area contributed by atoms with Gasteiger partial charge in [-0.25, -0.2) is 19.5 Å². The van der Waals surface area contributed by atoms with E-state index >= 15 is 0 Å². The topological polar surface area (TPSA) is 252 Å². The van der Waals surface area contributed by atoms with E-state index in [1.165, 1.54) is 16.0 Å². The molecular weight excluding hydrogens is 1020 g/mol. The van der Waals surface area contributed by atoms with Crippen molar-refractivity contribution in [1.82, 2.24) is 29.7 Å². The van der Waals surface area contributed by atoms with Crippen LogP contribution in [0.5, 0.6) is 5.88 Å². The number of aliphatic hydroxyl groups excluding tert-OH is 1. The first-order valence-corrected chi connectivity index (χ1v) is 28.1. The van der Waals surface area contributed by atoms with Crippen molar-refractivity contribution in [3.63, 3.8) is 0 Å². The lowest BCUT2D eigenvalue weighted by molar-refractivity contribution is -0.155. The molecule has 4 aromatic heterocycles. The minimum absolute atomic E-state index is 0.0647. The fourth-order valence-electron chi connectivity index (χ4n) is 11.9. The van der Waals surface area contributed by atoms with Crippen molar-refractivity contribution < 1.29 is 52.7 Å². The van der Waals surface area contributed by atoms with Crippen LogP contribution in [-0.2, 0) is 37.9 Å². The number of likely N-dealkylation sites (tertiary alicyclic amines) is 1. The number of piperidine rings is 2. The Labute approximate surface area is 442 Å². The van der Waals surface area contributed by atoms with Crippen LogP contribution >= 0.6 is 19.2 Å². The van der Waals surface area contributed by atoms with Crippen molar-refractivity contribution in [2.75, 3.05) is 73.1 Å². The Morgan fingerprint density at radius 3 is 2.33 bits per heavy atom. The van der Waals surface area contributed by atoms with Crippen LogP contribution in [0.3, 0.4) is 0 Å². The van der Waals surface area contributed by atoms with E-state index in [1.807, 2.05) is 24.4 Å². The Hall–Kier alpha value is -6.65. The standard InChI is InChI=1S/C53H59N10O11PS/c1-30-28-59(33-15-19-58(20-16-33)34-8-10-39-40(25-34)51(67)63(50(39)66)42-11-13-45(65)62(52(42)68)29-74-75(70,71)72)22-23-60(30)35-9-12-44(55-27-35)57-41-24-32(26-56-49(41)73-3)36-14-18-54-48(46(36)31(2)64)61-21-17-38-37-6-4-5-7-43(37)76-47(38)53(61)69/h8-10,12,14,18,24-27,30-31,33,42,64H,4-7,11,13,15-17,19-23,28-29H2,1-3H3,(H,55,57)(H2,70,71,72)/t30-,31?,42-/m0/s1. The number of fused-ring (bicyclic) bond motifs is 4. The number of hydrogen-bond donors (Lipinski definition) is 4. The number of aryl methyl sites for hydroxylation is 1. The Morgan fingerprint density at radius 1 is 0.816 bits per heavy atom. The van der Waals surface area contributed by atoms with Crippen LogP contribution in [0.1, 0.15) is 110 Å². The highest BCUT2D eigenvalue weighted by Crippen LogP contribution is 2.43. The predicted molar refractivity (Wildman–Crippen MR) is 282 cm³/mol. The molecule has 1 aromatic carbocycles. The first-order valence-electron chi connectivity index (χ1n) is 25.8. The first-order chi connectivity index (χ1) is 36.6. The highest BCUT2D eigenvalue weighted by atomic mass is 32.1. The molecule has 1 aliphatic carbocycles. The van der Waals surface area contributed by atoms with E-state index in [-0.39, 0.29) is 35.9 Å². The zero-order valence-corrected chi connectivity index (χ0v) is 44.1. The number of anilines is 5. The number of nitrogens with zero attached hydrogens (tertiary/aromatic N) is 9. The summed E-state index contributed by atoms with van der Waals surface area (Å²) in [5, 5.41) is 14.7. The average molecular weight is 1080 g/mol. The van der Waals surface area contributed by atoms with Crippen molar-refractivity contribution in [1.29, 1.82) is 0 Å². The van der Waals surface area contributed by atoms with E-state index in [9.17, 15) is 33.6 Å². The van der Waals surface area contributed by atoms with Gasteiger partial charge in [0.05, 0.1) is 41.1 Å². The lowest BCUT2D eigenvalue weighted by atomic mass is 9.91. The van der Waals surface area contributed by atoms with Crippen molar-refractivity contribution in [2.24, 2.45) is 0 Å². The van der Waals surface area contributed by atoms with Gasteiger partial charge in [-0.2, -0.15) is 0 Å². The first kappa shape index (κ1) is 51.5. The van der Waals surface area contributed by atoms with Gasteiger partial charge in [0.1, 0.15) is 30.1 Å². The van der Waals surface area contributed by atoms with Crippen LogP contribution in [0.2, 0.25) is 0 Å². The van der Waals surface area contributed by atoms with Crippen LogP contribution < -0.4 is 24.8 Å². The number of thiophene rings is 1. The highest BCUT2D eigenvalue weighted by Gasteiger charge is 2.48. The molecule has 398 valence electrons. The van der Waals surface area contributed by atoms with Crippen molar-refractivity contribution in [3.05, 3.63) is 98.6 Å². The third-order valence-electron chi connectivity index (χ3n) is 15.7. The zero-order chi connectivity index (χ0) is 53.2. The fraction of sp³-hybridized carbons (Fsp3) is 0.434. The number of carbonyl (C=O) groups is 5. The van der Waals surface area contributed by atoms with Gasteiger partial charge < -0.3 is 34.7 Å². The molecule has 76 heavy (non-hydrogen) atoms. The molecule has 3 saturated heterocycles. The number of imide groups is 2. The Balaban J connectivity index is 0.709. The lowest BCUT2D eigenvalue weighted by Gasteiger charge is -2.46. The number of ether oxygens (including phenoxy) is 1. The Morgan fingerprint density at radius 2 is 1.59 bits per heavy atom. The molecule has 3 fully saturated rings. The van der Waals surface area contributed by atoms with Crippen LogP contribution in [0, 0.1) is 0 Å². The fourth-order valence-corrected chi connectivity index (χ4v) is 13.6.